The number of ketones is 1. The molecule has 6 heteroatoms. The molecular weight excluding hydrogens is 358 g/mol. The van der Waals surface area contributed by atoms with E-state index in [1.807, 2.05) is 44.2 Å². The van der Waals surface area contributed by atoms with Gasteiger partial charge in [0.15, 0.2) is 6.61 Å². The van der Waals surface area contributed by atoms with Gasteiger partial charge in [-0.1, -0.05) is 18.2 Å². The Hall–Kier alpha value is -2.60. The van der Waals surface area contributed by atoms with Crippen molar-refractivity contribution in [2.45, 2.75) is 33.2 Å². The highest BCUT2D eigenvalue weighted by Gasteiger charge is 2.28. The number of ether oxygens (including phenoxy) is 3. The van der Waals surface area contributed by atoms with Crippen LogP contribution in [0.4, 0.5) is 0 Å². The molecule has 0 saturated carbocycles. The lowest BCUT2D eigenvalue weighted by atomic mass is 9.97. The zero-order valence-corrected chi connectivity index (χ0v) is 16.7. The standard InChI is InChI=1S/C22H27NO5/c1-15-11-19(16(2)23(15)9-6-10-26-3)20(24)14-28-22(25)18-12-17-7-4-5-8-21(17)27-13-18/h4-5,7-8,11,18H,6,9-10,12-14H2,1-3H3. The van der Waals surface area contributed by atoms with Gasteiger partial charge in [-0.05, 0) is 44.4 Å². The summed E-state index contributed by atoms with van der Waals surface area (Å²) in [6.45, 7) is 5.37. The van der Waals surface area contributed by atoms with Crippen molar-refractivity contribution in [3.05, 3.63) is 52.8 Å². The highest BCUT2D eigenvalue weighted by Crippen LogP contribution is 2.27. The maximum atomic E-state index is 12.6. The fourth-order valence-electron chi connectivity index (χ4n) is 3.61. The Labute approximate surface area is 165 Å². The van der Waals surface area contributed by atoms with Crippen molar-refractivity contribution in [3.63, 3.8) is 0 Å². The average Bonchev–Trinajstić information content (AvgIpc) is 3.00. The number of methoxy groups -OCH3 is 1. The van der Waals surface area contributed by atoms with Gasteiger partial charge >= 0.3 is 5.97 Å². The van der Waals surface area contributed by atoms with Crippen LogP contribution in [0.1, 0.15) is 33.7 Å². The molecule has 1 aromatic heterocycles. The third-order valence-electron chi connectivity index (χ3n) is 5.16. The van der Waals surface area contributed by atoms with Crippen LogP contribution in [0, 0.1) is 19.8 Å². The Balaban J connectivity index is 1.57. The van der Waals surface area contributed by atoms with Gasteiger partial charge in [-0.2, -0.15) is 0 Å². The highest BCUT2D eigenvalue weighted by atomic mass is 16.5. The Morgan fingerprint density at radius 2 is 2.04 bits per heavy atom. The summed E-state index contributed by atoms with van der Waals surface area (Å²) in [4.78, 5) is 25.0. The van der Waals surface area contributed by atoms with Gasteiger partial charge in [0, 0.05) is 37.2 Å². The van der Waals surface area contributed by atoms with E-state index in [9.17, 15) is 9.59 Å². The van der Waals surface area contributed by atoms with E-state index in [2.05, 4.69) is 4.57 Å². The van der Waals surface area contributed by atoms with Gasteiger partial charge in [0.2, 0.25) is 5.78 Å². The molecule has 28 heavy (non-hydrogen) atoms. The zero-order chi connectivity index (χ0) is 20.1. The first kappa shape index (κ1) is 20.1. The number of rotatable bonds is 8. The van der Waals surface area contributed by atoms with Crippen LogP contribution >= 0.6 is 0 Å². The van der Waals surface area contributed by atoms with E-state index in [1.54, 1.807) is 7.11 Å². The van der Waals surface area contributed by atoms with E-state index in [4.69, 9.17) is 14.2 Å². The molecule has 0 aliphatic carbocycles. The molecule has 1 atom stereocenters. The quantitative estimate of drug-likeness (QED) is 0.397. The number of hydrogen-bond donors (Lipinski definition) is 0. The Morgan fingerprint density at radius 1 is 1.25 bits per heavy atom. The fourth-order valence-corrected chi connectivity index (χ4v) is 3.61. The van der Waals surface area contributed by atoms with Gasteiger partial charge in [0.1, 0.15) is 12.4 Å². The summed E-state index contributed by atoms with van der Waals surface area (Å²) < 4.78 is 18.1. The Bertz CT molecular complexity index is 855. The molecule has 1 aromatic carbocycles. The van der Waals surface area contributed by atoms with Crippen LogP contribution in [-0.4, -0.2) is 43.3 Å². The highest BCUT2D eigenvalue weighted by molar-refractivity contribution is 5.99. The third-order valence-corrected chi connectivity index (χ3v) is 5.16. The lowest BCUT2D eigenvalue weighted by Gasteiger charge is -2.23. The second kappa shape index (κ2) is 9.06. The van der Waals surface area contributed by atoms with Crippen LogP contribution in [0.2, 0.25) is 0 Å². The van der Waals surface area contributed by atoms with Crippen LogP contribution in [0.25, 0.3) is 0 Å². The summed E-state index contributed by atoms with van der Waals surface area (Å²) in [5.74, 6) is -0.152. The van der Waals surface area contributed by atoms with Gasteiger partial charge in [-0.3, -0.25) is 9.59 Å². The number of fused-ring (bicyclic) bond motifs is 1. The smallest absolute Gasteiger partial charge is 0.313 e. The van der Waals surface area contributed by atoms with Crippen molar-refractivity contribution < 1.29 is 23.8 Å². The molecule has 1 aliphatic heterocycles. The molecule has 1 unspecified atom stereocenters. The van der Waals surface area contributed by atoms with Gasteiger partial charge in [-0.15, -0.1) is 0 Å². The number of para-hydroxylation sites is 1. The maximum Gasteiger partial charge on any atom is 0.313 e. The average molecular weight is 385 g/mol. The van der Waals surface area contributed by atoms with Gasteiger partial charge in [0.25, 0.3) is 0 Å². The molecule has 3 rings (SSSR count). The molecule has 2 aromatic rings. The minimum Gasteiger partial charge on any atom is -0.492 e. The first-order valence-electron chi connectivity index (χ1n) is 9.57. The summed E-state index contributed by atoms with van der Waals surface area (Å²) in [7, 11) is 1.68. The second-order valence-electron chi connectivity index (χ2n) is 7.13. The number of carbonyl (C=O) groups is 2. The Kier molecular flexibility index (Phi) is 6.52. The molecule has 1 aliphatic rings. The number of carbonyl (C=O) groups excluding carboxylic acids is 2. The van der Waals surface area contributed by atoms with E-state index >= 15 is 0 Å². The lowest BCUT2D eigenvalue weighted by molar-refractivity contribution is -0.148. The maximum absolute atomic E-state index is 12.6. The van der Waals surface area contributed by atoms with E-state index in [1.165, 1.54) is 0 Å². The summed E-state index contributed by atoms with van der Waals surface area (Å²) in [6.07, 6.45) is 1.44. The molecular formula is C22H27NO5. The predicted octanol–water partition coefficient (Wildman–Crippen LogP) is 3.12. The van der Waals surface area contributed by atoms with Crippen LogP contribution in [0.15, 0.2) is 30.3 Å². The van der Waals surface area contributed by atoms with Gasteiger partial charge in [-0.25, -0.2) is 0 Å². The molecule has 0 fully saturated rings. The monoisotopic (exact) mass is 385 g/mol. The largest absolute Gasteiger partial charge is 0.492 e. The molecule has 150 valence electrons. The SMILES string of the molecule is COCCCn1c(C)cc(C(=O)COC(=O)C2COc3ccccc3C2)c1C. The molecule has 0 amide bonds. The number of Topliss-reactive ketones (excluding diaryl/α,β-unsaturated/α-hetero) is 1. The van der Waals surface area contributed by atoms with Crippen molar-refractivity contribution in [1.82, 2.24) is 4.57 Å². The first-order valence-corrected chi connectivity index (χ1v) is 9.57. The van der Waals surface area contributed by atoms with Crippen LogP contribution < -0.4 is 4.74 Å². The third kappa shape index (κ3) is 4.44. The normalized spacial score (nSPS) is 15.6. The van der Waals surface area contributed by atoms with Gasteiger partial charge in [0.05, 0.1) is 5.92 Å². The van der Waals surface area contributed by atoms with Gasteiger partial charge < -0.3 is 18.8 Å². The molecule has 0 bridgehead atoms. The summed E-state index contributed by atoms with van der Waals surface area (Å²) in [5, 5.41) is 0. The van der Waals surface area contributed by atoms with Crippen molar-refractivity contribution >= 4 is 11.8 Å². The molecule has 6 nitrogen and oxygen atoms in total. The van der Waals surface area contributed by atoms with Crippen molar-refractivity contribution in [2.75, 3.05) is 26.9 Å². The summed E-state index contributed by atoms with van der Waals surface area (Å²) in [6, 6.07) is 9.52. The number of benzene rings is 1. The van der Waals surface area contributed by atoms with Crippen LogP contribution in [-0.2, 0) is 27.2 Å². The van der Waals surface area contributed by atoms with Crippen LogP contribution in [0.3, 0.4) is 0 Å². The van der Waals surface area contributed by atoms with E-state index in [0.717, 1.165) is 35.7 Å². The topological polar surface area (TPSA) is 66.8 Å². The summed E-state index contributed by atoms with van der Waals surface area (Å²) in [5.41, 5.74) is 3.50. The molecule has 0 spiro atoms. The molecule has 0 saturated heterocycles. The first-order chi connectivity index (χ1) is 13.5. The Morgan fingerprint density at radius 3 is 2.82 bits per heavy atom. The lowest BCUT2D eigenvalue weighted by Crippen LogP contribution is -2.31. The van der Waals surface area contributed by atoms with E-state index < -0.39 is 5.97 Å². The van der Waals surface area contributed by atoms with Crippen molar-refractivity contribution in [2.24, 2.45) is 5.92 Å². The van der Waals surface area contributed by atoms with Crippen LogP contribution in [0.5, 0.6) is 5.75 Å². The van der Waals surface area contributed by atoms with E-state index in [0.29, 0.717) is 18.6 Å². The predicted molar refractivity (Wildman–Crippen MR) is 105 cm³/mol. The number of hydrogen-bond acceptors (Lipinski definition) is 5. The minimum atomic E-state index is -0.392. The molecule has 0 radical (unpaired) electrons. The second-order valence-corrected chi connectivity index (χ2v) is 7.13. The fraction of sp³-hybridized carbons (Fsp3) is 0.455. The van der Waals surface area contributed by atoms with Crippen molar-refractivity contribution in [3.8, 4) is 5.75 Å². The van der Waals surface area contributed by atoms with Crippen molar-refractivity contribution in [1.29, 1.82) is 0 Å². The van der Waals surface area contributed by atoms with E-state index in [-0.39, 0.29) is 24.9 Å². The number of aromatic nitrogens is 1. The molecule has 0 N–H and O–H groups in total. The summed E-state index contributed by atoms with van der Waals surface area (Å²) >= 11 is 0. The zero-order valence-electron chi connectivity index (χ0n) is 16.7. The number of esters is 1. The minimum absolute atomic E-state index is 0.184. The number of aryl methyl sites for hydroxylation is 1. The molecule has 2 heterocycles. The number of nitrogens with zero attached hydrogens (tertiary/aromatic N) is 1.